The van der Waals surface area contributed by atoms with Crippen molar-refractivity contribution in [1.29, 1.82) is 0 Å². The summed E-state index contributed by atoms with van der Waals surface area (Å²) in [5.41, 5.74) is -0.216. The average Bonchev–Trinajstić information content (AvgIpc) is 2.41. The van der Waals surface area contributed by atoms with E-state index in [0.29, 0.717) is 17.0 Å². The quantitative estimate of drug-likeness (QED) is 0.847. The first-order valence-electron chi connectivity index (χ1n) is 6.25. The summed E-state index contributed by atoms with van der Waals surface area (Å²) < 4.78 is 1.71. The lowest BCUT2D eigenvalue weighted by molar-refractivity contribution is 0.0695. The predicted octanol–water partition coefficient (Wildman–Crippen LogP) is 2.54. The van der Waals surface area contributed by atoms with Crippen molar-refractivity contribution < 1.29 is 15.0 Å². The van der Waals surface area contributed by atoms with E-state index in [1.54, 1.807) is 10.6 Å². The topological polar surface area (TPSA) is 79.5 Å². The summed E-state index contributed by atoms with van der Waals surface area (Å²) in [4.78, 5) is 23.9. The van der Waals surface area contributed by atoms with E-state index in [4.69, 9.17) is 5.11 Å². The minimum absolute atomic E-state index is 0.00615. The molecule has 0 aliphatic rings. The van der Waals surface area contributed by atoms with E-state index in [1.807, 2.05) is 13.8 Å². The number of fused-ring (bicyclic) bond motifs is 1. The maximum Gasteiger partial charge on any atom is 0.341 e. The third kappa shape index (κ3) is 2.38. The number of carboxylic acids is 1. The lowest BCUT2D eigenvalue weighted by atomic mass is 10.1. The number of pyridine rings is 1. The first-order valence-corrected chi connectivity index (χ1v) is 7.24. The third-order valence-corrected chi connectivity index (χ3v) is 3.96. The highest BCUT2D eigenvalue weighted by Crippen LogP contribution is 2.31. The zero-order valence-corrected chi connectivity index (χ0v) is 12.0. The summed E-state index contributed by atoms with van der Waals surface area (Å²) in [6.07, 6.45) is 1.35. The van der Waals surface area contributed by atoms with Gasteiger partial charge in [0.1, 0.15) is 11.3 Å². The van der Waals surface area contributed by atoms with Crippen molar-refractivity contribution in [3.63, 3.8) is 0 Å². The smallest absolute Gasteiger partial charge is 0.341 e. The lowest BCUT2D eigenvalue weighted by Gasteiger charge is -2.12. The van der Waals surface area contributed by atoms with E-state index in [2.05, 4.69) is 0 Å². The van der Waals surface area contributed by atoms with Crippen LogP contribution in [0.1, 0.15) is 24.2 Å². The molecular formula is C14H15NO4S. The van der Waals surface area contributed by atoms with Gasteiger partial charge in [0.15, 0.2) is 0 Å². The second kappa shape index (κ2) is 5.58. The summed E-state index contributed by atoms with van der Waals surface area (Å²) in [7, 11) is 0. The highest BCUT2D eigenvalue weighted by molar-refractivity contribution is 7.99. The maximum absolute atomic E-state index is 12.1. The molecule has 1 heterocycles. The van der Waals surface area contributed by atoms with E-state index in [9.17, 15) is 14.7 Å². The molecule has 2 rings (SSSR count). The molecule has 106 valence electrons. The monoisotopic (exact) mass is 293 g/mol. The van der Waals surface area contributed by atoms with Gasteiger partial charge in [0, 0.05) is 12.7 Å². The van der Waals surface area contributed by atoms with Crippen LogP contribution in [0.3, 0.4) is 0 Å². The van der Waals surface area contributed by atoms with Crippen LogP contribution in [-0.2, 0) is 6.54 Å². The summed E-state index contributed by atoms with van der Waals surface area (Å²) in [6, 6.07) is 3.09. The molecule has 2 N–H and O–H groups in total. The molecule has 6 heteroatoms. The van der Waals surface area contributed by atoms with Crippen molar-refractivity contribution in [2.75, 3.05) is 5.75 Å². The Morgan fingerprint density at radius 3 is 2.60 bits per heavy atom. The Morgan fingerprint density at radius 2 is 2.05 bits per heavy atom. The molecule has 20 heavy (non-hydrogen) atoms. The van der Waals surface area contributed by atoms with Crippen LogP contribution in [0.4, 0.5) is 0 Å². The van der Waals surface area contributed by atoms with Crippen molar-refractivity contribution in [3.8, 4) is 5.75 Å². The van der Waals surface area contributed by atoms with E-state index < -0.39 is 11.4 Å². The number of phenolic OH excluding ortho intramolecular Hbond substituents is 1. The number of aromatic nitrogens is 1. The van der Waals surface area contributed by atoms with Gasteiger partial charge in [0.05, 0.1) is 15.8 Å². The number of rotatable bonds is 4. The number of aromatic carboxylic acids is 1. The number of thioether (sulfide) groups is 1. The Hall–Kier alpha value is -1.95. The summed E-state index contributed by atoms with van der Waals surface area (Å²) >= 11 is 1.47. The van der Waals surface area contributed by atoms with Crippen LogP contribution in [0.15, 0.2) is 28.0 Å². The SMILES string of the molecule is CCSc1cc2c(cc1O)c(=O)c(C(=O)O)cn2CC. The summed E-state index contributed by atoms with van der Waals surface area (Å²) in [5, 5.41) is 19.2. The van der Waals surface area contributed by atoms with Crippen LogP contribution in [-0.4, -0.2) is 26.5 Å². The molecule has 5 nitrogen and oxygen atoms in total. The molecule has 1 aromatic heterocycles. The van der Waals surface area contributed by atoms with E-state index in [1.165, 1.54) is 24.0 Å². The molecule has 0 atom stereocenters. The van der Waals surface area contributed by atoms with Crippen LogP contribution in [0.25, 0.3) is 10.9 Å². The molecule has 0 spiro atoms. The van der Waals surface area contributed by atoms with Gasteiger partial charge in [-0.1, -0.05) is 6.92 Å². The molecule has 0 saturated heterocycles. The second-order valence-corrected chi connectivity index (χ2v) is 5.54. The van der Waals surface area contributed by atoms with E-state index >= 15 is 0 Å². The molecule has 0 fully saturated rings. The number of hydrogen-bond acceptors (Lipinski definition) is 4. The number of benzene rings is 1. The summed E-state index contributed by atoms with van der Waals surface area (Å²) in [5.74, 6) is -0.458. The van der Waals surface area contributed by atoms with Crippen LogP contribution in [0.5, 0.6) is 5.75 Å². The molecule has 0 aliphatic heterocycles. The van der Waals surface area contributed by atoms with E-state index in [0.717, 1.165) is 5.75 Å². The minimum atomic E-state index is -1.26. The van der Waals surface area contributed by atoms with Gasteiger partial charge in [-0.15, -0.1) is 11.8 Å². The molecular weight excluding hydrogens is 278 g/mol. The van der Waals surface area contributed by atoms with Crippen LogP contribution in [0, 0.1) is 0 Å². The van der Waals surface area contributed by atoms with Gasteiger partial charge in [-0.2, -0.15) is 0 Å². The Bertz CT molecular complexity index is 736. The minimum Gasteiger partial charge on any atom is -0.507 e. The molecule has 0 saturated carbocycles. The molecule has 2 aromatic rings. The predicted molar refractivity (Wildman–Crippen MR) is 78.9 cm³/mol. The summed E-state index contributed by atoms with van der Waals surface area (Å²) in [6.45, 7) is 4.38. The van der Waals surface area contributed by atoms with Crippen molar-refractivity contribution in [1.82, 2.24) is 4.57 Å². The fourth-order valence-corrected chi connectivity index (χ4v) is 2.80. The number of phenols is 1. The Morgan fingerprint density at radius 1 is 1.35 bits per heavy atom. The van der Waals surface area contributed by atoms with Gasteiger partial charge in [0.2, 0.25) is 5.43 Å². The van der Waals surface area contributed by atoms with Gasteiger partial charge >= 0.3 is 5.97 Å². The molecule has 0 unspecified atom stereocenters. The molecule has 0 bridgehead atoms. The van der Waals surface area contributed by atoms with Gasteiger partial charge in [-0.3, -0.25) is 4.79 Å². The van der Waals surface area contributed by atoms with Gasteiger partial charge < -0.3 is 14.8 Å². The van der Waals surface area contributed by atoms with Crippen molar-refractivity contribution in [2.24, 2.45) is 0 Å². The molecule has 0 radical (unpaired) electrons. The Balaban J connectivity index is 2.86. The fourth-order valence-electron chi connectivity index (χ4n) is 2.09. The van der Waals surface area contributed by atoms with Crippen molar-refractivity contribution in [3.05, 3.63) is 34.1 Å². The van der Waals surface area contributed by atoms with Crippen LogP contribution < -0.4 is 5.43 Å². The van der Waals surface area contributed by atoms with E-state index in [-0.39, 0.29) is 16.7 Å². The van der Waals surface area contributed by atoms with Gasteiger partial charge in [-0.05, 0) is 24.8 Å². The first kappa shape index (κ1) is 14.5. The van der Waals surface area contributed by atoms with Crippen molar-refractivity contribution >= 4 is 28.6 Å². The largest absolute Gasteiger partial charge is 0.507 e. The number of carbonyl (C=O) groups is 1. The number of carboxylic acid groups (broad SMARTS) is 1. The normalized spacial score (nSPS) is 10.9. The van der Waals surface area contributed by atoms with Gasteiger partial charge in [0.25, 0.3) is 0 Å². The molecule has 1 aromatic carbocycles. The zero-order chi connectivity index (χ0) is 14.9. The average molecular weight is 293 g/mol. The number of hydrogen-bond donors (Lipinski definition) is 2. The number of aryl methyl sites for hydroxylation is 1. The zero-order valence-electron chi connectivity index (χ0n) is 11.2. The third-order valence-electron chi connectivity index (χ3n) is 3.03. The fraction of sp³-hybridized carbons (Fsp3) is 0.286. The highest BCUT2D eigenvalue weighted by Gasteiger charge is 2.16. The van der Waals surface area contributed by atoms with Crippen LogP contribution >= 0.6 is 11.8 Å². The maximum atomic E-state index is 12.1. The number of nitrogens with zero attached hydrogens (tertiary/aromatic N) is 1. The molecule has 0 amide bonds. The second-order valence-electron chi connectivity index (χ2n) is 4.23. The number of aromatic hydroxyl groups is 1. The lowest BCUT2D eigenvalue weighted by Crippen LogP contribution is -2.18. The molecule has 0 aliphatic carbocycles. The highest BCUT2D eigenvalue weighted by atomic mass is 32.2. The van der Waals surface area contributed by atoms with Crippen molar-refractivity contribution in [2.45, 2.75) is 25.3 Å². The first-order chi connectivity index (χ1) is 9.49. The van der Waals surface area contributed by atoms with Gasteiger partial charge in [-0.25, -0.2) is 4.79 Å². The standard InChI is InChI=1S/C14H15NO4S/c1-3-15-7-9(14(18)19)13(17)8-5-11(16)12(20-4-2)6-10(8)15/h5-7,16H,3-4H2,1-2H3,(H,18,19). The Kier molecular flexibility index (Phi) is 4.04. The van der Waals surface area contributed by atoms with Crippen LogP contribution in [0.2, 0.25) is 0 Å². The Labute approximate surface area is 119 Å².